The summed E-state index contributed by atoms with van der Waals surface area (Å²) in [5.74, 6) is 1.82. The Morgan fingerprint density at radius 3 is 2.58 bits per heavy atom. The Morgan fingerprint density at radius 2 is 1.88 bits per heavy atom. The van der Waals surface area contributed by atoms with E-state index in [1.54, 1.807) is 0 Å². The standard InChI is InChI=1S/C20H35N5O/c1-4-21-20(22-11-8-16-26-19-9-6-5-7-10-19)23-17-18(2)25-14-12-24(3)13-15-25/h5-7,9-10,18H,4,8,11-17H2,1-3H3,(H2,21,22,23). The lowest BCUT2D eigenvalue weighted by molar-refractivity contribution is 0.122. The van der Waals surface area contributed by atoms with E-state index in [1.807, 2.05) is 30.3 Å². The van der Waals surface area contributed by atoms with Crippen LogP contribution < -0.4 is 15.4 Å². The van der Waals surface area contributed by atoms with E-state index < -0.39 is 0 Å². The first kappa shape index (κ1) is 20.5. The van der Waals surface area contributed by atoms with Crippen LogP contribution in [0, 0.1) is 0 Å². The molecule has 1 saturated heterocycles. The van der Waals surface area contributed by atoms with Crippen LogP contribution in [0.2, 0.25) is 0 Å². The minimum atomic E-state index is 0.473. The molecule has 6 nitrogen and oxygen atoms in total. The average molecular weight is 362 g/mol. The van der Waals surface area contributed by atoms with Gasteiger partial charge in [0.25, 0.3) is 0 Å². The summed E-state index contributed by atoms with van der Waals surface area (Å²) in [7, 11) is 2.19. The van der Waals surface area contributed by atoms with E-state index in [2.05, 4.69) is 41.3 Å². The predicted molar refractivity (Wildman–Crippen MR) is 109 cm³/mol. The number of rotatable bonds is 9. The van der Waals surface area contributed by atoms with Crippen molar-refractivity contribution in [3.05, 3.63) is 30.3 Å². The van der Waals surface area contributed by atoms with Crippen LogP contribution in [0.1, 0.15) is 20.3 Å². The molecule has 1 aromatic carbocycles. The lowest BCUT2D eigenvalue weighted by Crippen LogP contribution is -2.49. The highest BCUT2D eigenvalue weighted by Crippen LogP contribution is 2.08. The normalized spacial score (nSPS) is 17.7. The monoisotopic (exact) mass is 361 g/mol. The number of guanidine groups is 1. The molecule has 0 aliphatic carbocycles. The third kappa shape index (κ3) is 7.62. The van der Waals surface area contributed by atoms with Crippen LogP contribution in [0.4, 0.5) is 0 Å². The summed E-state index contributed by atoms with van der Waals surface area (Å²) >= 11 is 0. The van der Waals surface area contributed by atoms with Gasteiger partial charge in [0.1, 0.15) is 5.75 Å². The molecule has 1 aliphatic heterocycles. The molecule has 0 amide bonds. The van der Waals surface area contributed by atoms with Gasteiger partial charge in [0.05, 0.1) is 13.2 Å². The number of para-hydroxylation sites is 1. The summed E-state index contributed by atoms with van der Waals surface area (Å²) < 4.78 is 5.72. The lowest BCUT2D eigenvalue weighted by atomic mass is 10.2. The number of piperazine rings is 1. The molecule has 26 heavy (non-hydrogen) atoms. The zero-order chi connectivity index (χ0) is 18.6. The molecule has 0 radical (unpaired) electrons. The maximum atomic E-state index is 5.72. The molecule has 1 aliphatic rings. The molecule has 2 rings (SSSR count). The Bertz CT molecular complexity index is 514. The van der Waals surface area contributed by atoms with Crippen LogP contribution in [0.3, 0.4) is 0 Å². The molecular weight excluding hydrogens is 326 g/mol. The smallest absolute Gasteiger partial charge is 0.191 e. The van der Waals surface area contributed by atoms with Gasteiger partial charge in [-0.1, -0.05) is 18.2 Å². The number of benzene rings is 1. The predicted octanol–water partition coefficient (Wildman–Crippen LogP) is 1.65. The van der Waals surface area contributed by atoms with Gasteiger partial charge in [-0.2, -0.15) is 0 Å². The molecule has 6 heteroatoms. The molecule has 1 unspecified atom stereocenters. The number of hydrogen-bond donors (Lipinski definition) is 2. The Hall–Kier alpha value is -1.79. The van der Waals surface area contributed by atoms with E-state index in [0.29, 0.717) is 12.6 Å². The van der Waals surface area contributed by atoms with E-state index in [4.69, 9.17) is 9.73 Å². The highest BCUT2D eigenvalue weighted by molar-refractivity contribution is 5.79. The van der Waals surface area contributed by atoms with Crippen molar-refractivity contribution in [2.45, 2.75) is 26.3 Å². The number of likely N-dealkylation sites (N-methyl/N-ethyl adjacent to an activating group) is 1. The van der Waals surface area contributed by atoms with Gasteiger partial charge >= 0.3 is 0 Å². The summed E-state index contributed by atoms with van der Waals surface area (Å²) in [5, 5.41) is 6.73. The van der Waals surface area contributed by atoms with Crippen LogP contribution in [0.5, 0.6) is 5.75 Å². The topological polar surface area (TPSA) is 52.1 Å². The molecular formula is C20H35N5O. The SMILES string of the molecule is CCNC(=NCC(C)N1CCN(C)CC1)NCCCOc1ccccc1. The Balaban J connectivity index is 1.67. The zero-order valence-electron chi connectivity index (χ0n) is 16.6. The molecule has 1 heterocycles. The van der Waals surface area contributed by atoms with E-state index >= 15 is 0 Å². The van der Waals surface area contributed by atoms with Gasteiger partial charge in [-0.05, 0) is 39.4 Å². The van der Waals surface area contributed by atoms with Gasteiger partial charge in [-0.3, -0.25) is 9.89 Å². The van der Waals surface area contributed by atoms with E-state index in [9.17, 15) is 0 Å². The van der Waals surface area contributed by atoms with Crippen LogP contribution in [-0.2, 0) is 0 Å². The summed E-state index contributed by atoms with van der Waals surface area (Å²) in [6, 6.07) is 10.4. The van der Waals surface area contributed by atoms with Crippen LogP contribution >= 0.6 is 0 Å². The van der Waals surface area contributed by atoms with Crippen molar-refractivity contribution < 1.29 is 4.74 Å². The minimum Gasteiger partial charge on any atom is -0.494 e. The van der Waals surface area contributed by atoms with Crippen molar-refractivity contribution in [3.8, 4) is 5.75 Å². The lowest BCUT2D eigenvalue weighted by Gasteiger charge is -2.35. The van der Waals surface area contributed by atoms with Gasteiger partial charge in [-0.15, -0.1) is 0 Å². The molecule has 2 N–H and O–H groups in total. The summed E-state index contributed by atoms with van der Waals surface area (Å²) in [5.41, 5.74) is 0. The second-order valence-corrected chi connectivity index (χ2v) is 6.85. The summed E-state index contributed by atoms with van der Waals surface area (Å²) in [6.07, 6.45) is 0.938. The summed E-state index contributed by atoms with van der Waals surface area (Å²) in [6.45, 7) is 12.2. The number of nitrogens with one attached hydrogen (secondary N) is 2. The van der Waals surface area contributed by atoms with Gasteiger partial charge in [0.2, 0.25) is 0 Å². The Morgan fingerprint density at radius 1 is 1.15 bits per heavy atom. The third-order valence-corrected chi connectivity index (χ3v) is 4.64. The maximum Gasteiger partial charge on any atom is 0.191 e. The van der Waals surface area contributed by atoms with E-state index in [-0.39, 0.29) is 0 Å². The van der Waals surface area contributed by atoms with Crippen molar-refractivity contribution in [1.82, 2.24) is 20.4 Å². The van der Waals surface area contributed by atoms with Crippen molar-refractivity contribution in [3.63, 3.8) is 0 Å². The Kier molecular flexibility index (Phi) is 9.28. The van der Waals surface area contributed by atoms with Gasteiger partial charge in [0.15, 0.2) is 5.96 Å². The molecule has 1 fully saturated rings. The summed E-state index contributed by atoms with van der Waals surface area (Å²) in [4.78, 5) is 9.67. The van der Waals surface area contributed by atoms with E-state index in [1.165, 1.54) is 0 Å². The van der Waals surface area contributed by atoms with Crippen LogP contribution in [0.15, 0.2) is 35.3 Å². The highest BCUT2D eigenvalue weighted by Gasteiger charge is 2.18. The molecule has 1 aromatic rings. The molecule has 146 valence electrons. The quantitative estimate of drug-likeness (QED) is 0.398. The van der Waals surface area contributed by atoms with Gasteiger partial charge in [0, 0.05) is 45.3 Å². The highest BCUT2D eigenvalue weighted by atomic mass is 16.5. The number of hydrogen-bond acceptors (Lipinski definition) is 4. The average Bonchev–Trinajstić information content (AvgIpc) is 2.67. The number of aliphatic imine (C=N–C) groups is 1. The fraction of sp³-hybridized carbons (Fsp3) is 0.650. The molecule has 0 aromatic heterocycles. The number of nitrogens with zero attached hydrogens (tertiary/aromatic N) is 3. The van der Waals surface area contributed by atoms with Crippen molar-refractivity contribution >= 4 is 5.96 Å². The van der Waals surface area contributed by atoms with Gasteiger partial charge < -0.3 is 20.3 Å². The van der Waals surface area contributed by atoms with Crippen LogP contribution in [-0.4, -0.2) is 81.3 Å². The van der Waals surface area contributed by atoms with Crippen molar-refractivity contribution in [2.75, 3.05) is 59.5 Å². The zero-order valence-corrected chi connectivity index (χ0v) is 16.6. The molecule has 1 atom stereocenters. The van der Waals surface area contributed by atoms with Crippen molar-refractivity contribution in [2.24, 2.45) is 4.99 Å². The van der Waals surface area contributed by atoms with Gasteiger partial charge in [-0.25, -0.2) is 0 Å². The van der Waals surface area contributed by atoms with Crippen LogP contribution in [0.25, 0.3) is 0 Å². The molecule has 0 saturated carbocycles. The first-order valence-electron chi connectivity index (χ1n) is 9.81. The maximum absolute atomic E-state index is 5.72. The Labute approximate surface area is 158 Å². The van der Waals surface area contributed by atoms with E-state index in [0.717, 1.165) is 63.9 Å². The molecule has 0 spiro atoms. The first-order valence-corrected chi connectivity index (χ1v) is 9.81. The minimum absolute atomic E-state index is 0.473. The second kappa shape index (κ2) is 11.8. The first-order chi connectivity index (χ1) is 12.7. The fourth-order valence-corrected chi connectivity index (χ4v) is 2.93. The number of ether oxygens (including phenoxy) is 1. The largest absolute Gasteiger partial charge is 0.494 e. The second-order valence-electron chi connectivity index (χ2n) is 6.85. The fourth-order valence-electron chi connectivity index (χ4n) is 2.93. The molecule has 0 bridgehead atoms. The third-order valence-electron chi connectivity index (χ3n) is 4.64. The van der Waals surface area contributed by atoms with Crippen molar-refractivity contribution in [1.29, 1.82) is 0 Å².